The first-order valence-electron chi connectivity index (χ1n) is 6.00. The van der Waals surface area contributed by atoms with Crippen LogP contribution in [0.1, 0.15) is 36.1 Å². The summed E-state index contributed by atoms with van der Waals surface area (Å²) in [6.45, 7) is 0. The van der Waals surface area contributed by atoms with Gasteiger partial charge < -0.3 is 11.1 Å². The fourth-order valence-corrected chi connectivity index (χ4v) is 2.10. The molecule has 1 aromatic rings. The van der Waals surface area contributed by atoms with Crippen molar-refractivity contribution in [1.82, 2.24) is 10.6 Å². The number of benzene rings is 1. The fraction of sp³-hybridized carbons (Fsp3) is 0.308. The van der Waals surface area contributed by atoms with Crippen LogP contribution in [-0.2, 0) is 14.4 Å². The summed E-state index contributed by atoms with van der Waals surface area (Å²) < 4.78 is 0. The third-order valence-corrected chi connectivity index (χ3v) is 3.18. The quantitative estimate of drug-likeness (QED) is 0.659. The van der Waals surface area contributed by atoms with E-state index in [1.807, 2.05) is 17.4 Å². The summed E-state index contributed by atoms with van der Waals surface area (Å²) in [6, 6.07) is 6.28. The molecule has 0 aromatic heterocycles. The number of amides is 3. The van der Waals surface area contributed by atoms with E-state index in [9.17, 15) is 14.4 Å². The zero-order chi connectivity index (χ0) is 13.8. The summed E-state index contributed by atoms with van der Waals surface area (Å²) in [4.78, 5) is 32.7. The second-order valence-corrected chi connectivity index (χ2v) is 4.43. The second kappa shape index (κ2) is 5.62. The predicted octanol–water partition coefficient (Wildman–Crippen LogP) is -0.0899. The molecule has 2 rings (SSSR count). The molecule has 3 amide bonds. The monoisotopic (exact) mass is 261 g/mol. The normalized spacial score (nSPS) is 19.6. The topological polar surface area (TPSA) is 101 Å². The van der Waals surface area contributed by atoms with Gasteiger partial charge >= 0.3 is 0 Å². The van der Waals surface area contributed by atoms with E-state index < -0.39 is 11.9 Å². The van der Waals surface area contributed by atoms with Gasteiger partial charge in [-0.25, -0.2) is 0 Å². The van der Waals surface area contributed by atoms with Gasteiger partial charge in [-0.3, -0.25) is 19.7 Å². The average Bonchev–Trinajstić information content (AvgIpc) is 2.85. The molecule has 6 heteroatoms. The largest absolute Gasteiger partial charge is 0.349 e. The maximum absolute atomic E-state index is 11.4. The standard InChI is InChI=1S/C13H15N3O3/c14-12(13(19)15-7-17)9-3-1-8(2-4-9)10-5-6-11(18)16-10/h1-4,7,10,12H,5-6,14H2,(H,16,18)(H,15,17,19)/t10-,12?/m1/s1. The van der Waals surface area contributed by atoms with Crippen LogP contribution in [0.3, 0.4) is 0 Å². The SMILES string of the molecule is NC(C(=O)NC=O)c1ccc([C@H]2CCC(=O)N2)cc1. The summed E-state index contributed by atoms with van der Waals surface area (Å²) in [5.41, 5.74) is 7.31. The maximum atomic E-state index is 11.4. The van der Waals surface area contributed by atoms with Crippen LogP contribution in [0.5, 0.6) is 0 Å². The molecule has 4 N–H and O–H groups in total. The smallest absolute Gasteiger partial charge is 0.247 e. The zero-order valence-corrected chi connectivity index (χ0v) is 10.3. The molecular formula is C13H15N3O3. The summed E-state index contributed by atoms with van der Waals surface area (Å²) in [5, 5.41) is 4.88. The Kier molecular flexibility index (Phi) is 3.91. The van der Waals surface area contributed by atoms with Gasteiger partial charge in [0, 0.05) is 6.42 Å². The van der Waals surface area contributed by atoms with Crippen molar-refractivity contribution in [3.8, 4) is 0 Å². The number of nitrogens with two attached hydrogens (primary N) is 1. The van der Waals surface area contributed by atoms with Gasteiger partial charge in [0.25, 0.3) is 0 Å². The summed E-state index contributed by atoms with van der Waals surface area (Å²) in [7, 11) is 0. The molecule has 0 bridgehead atoms. The van der Waals surface area contributed by atoms with Crippen LogP contribution in [0.15, 0.2) is 24.3 Å². The molecule has 19 heavy (non-hydrogen) atoms. The number of imide groups is 1. The first-order valence-corrected chi connectivity index (χ1v) is 6.00. The van der Waals surface area contributed by atoms with E-state index >= 15 is 0 Å². The molecule has 0 spiro atoms. The van der Waals surface area contributed by atoms with E-state index in [1.165, 1.54) is 0 Å². The van der Waals surface area contributed by atoms with Gasteiger partial charge in [0.05, 0.1) is 6.04 Å². The fourth-order valence-electron chi connectivity index (χ4n) is 2.10. The van der Waals surface area contributed by atoms with E-state index in [1.54, 1.807) is 12.1 Å². The van der Waals surface area contributed by atoms with Crippen LogP contribution in [0.25, 0.3) is 0 Å². The molecule has 2 atom stereocenters. The van der Waals surface area contributed by atoms with Crippen molar-refractivity contribution in [1.29, 1.82) is 0 Å². The molecule has 6 nitrogen and oxygen atoms in total. The molecule has 1 aliphatic rings. The van der Waals surface area contributed by atoms with Crippen LogP contribution in [0.2, 0.25) is 0 Å². The predicted molar refractivity (Wildman–Crippen MR) is 67.7 cm³/mol. The lowest BCUT2D eigenvalue weighted by Crippen LogP contribution is -2.33. The van der Waals surface area contributed by atoms with Crippen molar-refractivity contribution >= 4 is 18.2 Å². The van der Waals surface area contributed by atoms with Gasteiger partial charge in [-0.15, -0.1) is 0 Å². The first kappa shape index (κ1) is 13.2. The van der Waals surface area contributed by atoms with Crippen LogP contribution in [0.4, 0.5) is 0 Å². The van der Waals surface area contributed by atoms with E-state index in [-0.39, 0.29) is 11.9 Å². The number of carbonyl (C=O) groups excluding carboxylic acids is 3. The summed E-state index contributed by atoms with van der Waals surface area (Å²) >= 11 is 0. The number of rotatable bonds is 4. The third kappa shape index (κ3) is 2.97. The minimum Gasteiger partial charge on any atom is -0.349 e. The Hall–Kier alpha value is -2.21. The highest BCUT2D eigenvalue weighted by Gasteiger charge is 2.22. The molecule has 1 unspecified atom stereocenters. The van der Waals surface area contributed by atoms with Crippen molar-refractivity contribution in [2.24, 2.45) is 5.73 Å². The Bertz CT molecular complexity index is 498. The molecule has 1 saturated heterocycles. The minimum absolute atomic E-state index is 0.0292. The van der Waals surface area contributed by atoms with Crippen LogP contribution in [-0.4, -0.2) is 18.2 Å². The Morgan fingerprint density at radius 2 is 2.11 bits per heavy atom. The van der Waals surface area contributed by atoms with Crippen molar-refractivity contribution < 1.29 is 14.4 Å². The maximum Gasteiger partial charge on any atom is 0.247 e. The van der Waals surface area contributed by atoms with Gasteiger partial charge in [0.2, 0.25) is 18.2 Å². The van der Waals surface area contributed by atoms with Gasteiger partial charge in [0.15, 0.2) is 0 Å². The average molecular weight is 261 g/mol. The highest BCUT2D eigenvalue weighted by Crippen LogP contribution is 2.24. The minimum atomic E-state index is -0.877. The number of nitrogens with one attached hydrogen (secondary N) is 2. The lowest BCUT2D eigenvalue weighted by molar-refractivity contribution is -0.126. The number of hydrogen-bond donors (Lipinski definition) is 3. The van der Waals surface area contributed by atoms with Crippen LogP contribution >= 0.6 is 0 Å². The second-order valence-electron chi connectivity index (χ2n) is 4.43. The Morgan fingerprint density at radius 3 is 2.63 bits per heavy atom. The molecule has 1 aliphatic heterocycles. The van der Waals surface area contributed by atoms with Crippen LogP contribution in [0, 0.1) is 0 Å². The van der Waals surface area contributed by atoms with Crippen molar-refractivity contribution in [2.75, 3.05) is 0 Å². The van der Waals surface area contributed by atoms with Gasteiger partial charge in [0.1, 0.15) is 6.04 Å². The summed E-state index contributed by atoms with van der Waals surface area (Å²) in [6.07, 6.45) is 1.62. The summed E-state index contributed by atoms with van der Waals surface area (Å²) in [5.74, 6) is -0.493. The molecule has 0 saturated carbocycles. The molecule has 100 valence electrons. The Balaban J connectivity index is 2.07. The van der Waals surface area contributed by atoms with Crippen molar-refractivity contribution in [3.05, 3.63) is 35.4 Å². The molecule has 1 fully saturated rings. The zero-order valence-electron chi connectivity index (χ0n) is 10.3. The van der Waals surface area contributed by atoms with E-state index in [0.717, 1.165) is 12.0 Å². The Labute approximate surface area is 110 Å². The molecular weight excluding hydrogens is 246 g/mol. The molecule has 0 radical (unpaired) electrons. The molecule has 1 heterocycles. The van der Waals surface area contributed by atoms with Crippen molar-refractivity contribution in [2.45, 2.75) is 24.9 Å². The molecule has 0 aliphatic carbocycles. The lowest BCUT2D eigenvalue weighted by atomic mass is 10.0. The van der Waals surface area contributed by atoms with E-state index in [0.29, 0.717) is 18.4 Å². The van der Waals surface area contributed by atoms with Gasteiger partial charge in [-0.1, -0.05) is 24.3 Å². The molecule has 1 aromatic carbocycles. The highest BCUT2D eigenvalue weighted by molar-refractivity contribution is 5.90. The van der Waals surface area contributed by atoms with Gasteiger partial charge in [-0.2, -0.15) is 0 Å². The third-order valence-electron chi connectivity index (χ3n) is 3.18. The van der Waals surface area contributed by atoms with E-state index in [2.05, 4.69) is 5.32 Å². The van der Waals surface area contributed by atoms with Crippen molar-refractivity contribution in [3.63, 3.8) is 0 Å². The number of carbonyl (C=O) groups is 3. The van der Waals surface area contributed by atoms with E-state index in [4.69, 9.17) is 5.73 Å². The van der Waals surface area contributed by atoms with Crippen LogP contribution < -0.4 is 16.4 Å². The lowest BCUT2D eigenvalue weighted by Gasteiger charge is -2.13. The Morgan fingerprint density at radius 1 is 1.42 bits per heavy atom. The number of hydrogen-bond acceptors (Lipinski definition) is 4. The first-order chi connectivity index (χ1) is 9.11. The highest BCUT2D eigenvalue weighted by atomic mass is 16.2. The van der Waals surface area contributed by atoms with Gasteiger partial charge in [-0.05, 0) is 17.5 Å².